The Morgan fingerprint density at radius 3 is 2.17 bits per heavy atom. The minimum absolute atomic E-state index is 0.0738. The van der Waals surface area contributed by atoms with Gasteiger partial charge in [-0.1, -0.05) is 24.3 Å². The molecule has 24 heavy (non-hydrogen) atoms. The fourth-order valence-corrected chi connectivity index (χ4v) is 2.22. The van der Waals surface area contributed by atoms with Crippen LogP contribution in [0.2, 0.25) is 0 Å². The summed E-state index contributed by atoms with van der Waals surface area (Å²) in [7, 11) is 0. The molecular formula is C18H13F2NO3. The molecule has 122 valence electrons. The van der Waals surface area contributed by atoms with Crippen molar-refractivity contribution in [2.75, 3.05) is 0 Å². The van der Waals surface area contributed by atoms with Crippen molar-refractivity contribution in [3.8, 4) is 22.8 Å². The van der Waals surface area contributed by atoms with Crippen LogP contribution < -0.4 is 0 Å². The Bertz CT molecular complexity index is 863. The van der Waals surface area contributed by atoms with Crippen LogP contribution in [0.5, 0.6) is 0 Å². The van der Waals surface area contributed by atoms with Gasteiger partial charge in [-0.3, -0.25) is 0 Å². The molecule has 0 unspecified atom stereocenters. The summed E-state index contributed by atoms with van der Waals surface area (Å²) in [6.45, 7) is 0.843. The molecule has 6 heteroatoms. The number of halogens is 2. The molecule has 1 N–H and O–H groups in total. The average Bonchev–Trinajstić information content (AvgIpc) is 3.04. The lowest BCUT2D eigenvalue weighted by atomic mass is 10.1. The summed E-state index contributed by atoms with van der Waals surface area (Å²) in [5.74, 6) is -3.13. The van der Waals surface area contributed by atoms with E-state index in [2.05, 4.69) is 4.98 Å². The zero-order valence-electron chi connectivity index (χ0n) is 12.7. The molecule has 0 aliphatic heterocycles. The SMILES string of the molecule is CC(F)(F)c1ccc(-c2cnc(-c3ccc(C(=O)O)cc3)o2)cc1. The summed E-state index contributed by atoms with van der Waals surface area (Å²) in [5, 5.41) is 8.89. The highest BCUT2D eigenvalue weighted by Gasteiger charge is 2.24. The van der Waals surface area contributed by atoms with E-state index < -0.39 is 11.9 Å². The van der Waals surface area contributed by atoms with E-state index in [-0.39, 0.29) is 11.1 Å². The monoisotopic (exact) mass is 329 g/mol. The van der Waals surface area contributed by atoms with Gasteiger partial charge in [-0.05, 0) is 24.3 Å². The van der Waals surface area contributed by atoms with Crippen LogP contribution in [0.25, 0.3) is 22.8 Å². The molecule has 2 aromatic carbocycles. The number of carboxylic acid groups (broad SMARTS) is 1. The summed E-state index contributed by atoms with van der Waals surface area (Å²) in [5.41, 5.74) is 1.35. The standard InChI is InChI=1S/C18H13F2NO3/c1-18(19,20)14-8-6-11(7-9-14)15-10-21-16(24-15)12-2-4-13(5-3-12)17(22)23/h2-10H,1H3,(H,22,23). The van der Waals surface area contributed by atoms with Crippen molar-refractivity contribution in [3.63, 3.8) is 0 Å². The number of carboxylic acids is 1. The maximum absolute atomic E-state index is 13.2. The van der Waals surface area contributed by atoms with E-state index >= 15 is 0 Å². The average molecular weight is 329 g/mol. The Kier molecular flexibility index (Phi) is 3.89. The lowest BCUT2D eigenvalue weighted by Gasteiger charge is -2.10. The van der Waals surface area contributed by atoms with Gasteiger partial charge in [0, 0.05) is 23.6 Å². The van der Waals surface area contributed by atoms with Gasteiger partial charge in [0.15, 0.2) is 5.76 Å². The molecule has 3 aromatic rings. The summed E-state index contributed by atoms with van der Waals surface area (Å²) in [6, 6.07) is 11.9. The highest BCUT2D eigenvalue weighted by atomic mass is 19.3. The number of rotatable bonds is 4. The van der Waals surface area contributed by atoms with E-state index in [1.165, 1.54) is 30.5 Å². The van der Waals surface area contributed by atoms with E-state index in [4.69, 9.17) is 9.52 Å². The molecule has 1 aromatic heterocycles. The number of hydrogen-bond acceptors (Lipinski definition) is 3. The molecule has 0 atom stereocenters. The highest BCUT2D eigenvalue weighted by Crippen LogP contribution is 2.30. The van der Waals surface area contributed by atoms with E-state index in [1.807, 2.05) is 0 Å². The minimum Gasteiger partial charge on any atom is -0.478 e. The molecule has 4 nitrogen and oxygen atoms in total. The number of alkyl halides is 2. The van der Waals surface area contributed by atoms with E-state index in [1.54, 1.807) is 24.3 Å². The zero-order valence-corrected chi connectivity index (χ0v) is 12.7. The van der Waals surface area contributed by atoms with Crippen LogP contribution in [0.4, 0.5) is 8.78 Å². The Morgan fingerprint density at radius 2 is 1.62 bits per heavy atom. The van der Waals surface area contributed by atoms with Crippen molar-refractivity contribution in [1.29, 1.82) is 0 Å². The Hall–Kier alpha value is -3.02. The second kappa shape index (κ2) is 5.88. The maximum Gasteiger partial charge on any atom is 0.335 e. The second-order valence-corrected chi connectivity index (χ2v) is 5.38. The third-order valence-corrected chi connectivity index (χ3v) is 3.56. The van der Waals surface area contributed by atoms with Crippen molar-refractivity contribution >= 4 is 5.97 Å². The lowest BCUT2D eigenvalue weighted by Crippen LogP contribution is -2.06. The number of nitrogens with zero attached hydrogens (tertiary/aromatic N) is 1. The highest BCUT2D eigenvalue weighted by molar-refractivity contribution is 5.88. The molecule has 0 aliphatic rings. The molecule has 1 heterocycles. The third-order valence-electron chi connectivity index (χ3n) is 3.56. The zero-order chi connectivity index (χ0) is 17.3. The largest absolute Gasteiger partial charge is 0.478 e. The first-order valence-electron chi connectivity index (χ1n) is 7.13. The van der Waals surface area contributed by atoms with Crippen molar-refractivity contribution in [1.82, 2.24) is 4.98 Å². The van der Waals surface area contributed by atoms with Crippen LogP contribution in [-0.4, -0.2) is 16.1 Å². The summed E-state index contributed by atoms with van der Waals surface area (Å²) in [4.78, 5) is 15.0. The van der Waals surface area contributed by atoms with E-state index in [0.717, 1.165) is 6.92 Å². The van der Waals surface area contributed by atoms with Crippen molar-refractivity contribution in [3.05, 3.63) is 65.9 Å². The minimum atomic E-state index is -2.89. The molecule has 0 aliphatic carbocycles. The lowest BCUT2D eigenvalue weighted by molar-refractivity contribution is 0.0175. The van der Waals surface area contributed by atoms with Crippen molar-refractivity contribution in [2.24, 2.45) is 0 Å². The second-order valence-electron chi connectivity index (χ2n) is 5.38. The first-order valence-corrected chi connectivity index (χ1v) is 7.13. The van der Waals surface area contributed by atoms with E-state index in [0.29, 0.717) is 22.8 Å². The maximum atomic E-state index is 13.2. The molecule has 0 amide bonds. The van der Waals surface area contributed by atoms with Gasteiger partial charge in [-0.2, -0.15) is 0 Å². The summed E-state index contributed by atoms with van der Waals surface area (Å²) in [6.07, 6.45) is 1.50. The fraction of sp³-hybridized carbons (Fsp3) is 0.111. The van der Waals surface area contributed by atoms with Crippen LogP contribution in [-0.2, 0) is 5.92 Å². The number of aromatic nitrogens is 1. The molecule has 0 saturated carbocycles. The quantitative estimate of drug-likeness (QED) is 0.745. The van der Waals surface area contributed by atoms with Gasteiger partial charge in [0.05, 0.1) is 11.8 Å². The Morgan fingerprint density at radius 1 is 1.04 bits per heavy atom. The van der Waals surface area contributed by atoms with Gasteiger partial charge in [0.1, 0.15) is 0 Å². The Labute approximate surface area is 136 Å². The molecule has 0 spiro atoms. The topological polar surface area (TPSA) is 63.3 Å². The van der Waals surface area contributed by atoms with Gasteiger partial charge in [-0.15, -0.1) is 0 Å². The Balaban J connectivity index is 1.86. The molecule has 0 radical (unpaired) electrons. The normalized spacial score (nSPS) is 11.5. The number of hydrogen-bond donors (Lipinski definition) is 1. The number of aromatic carboxylic acids is 1. The molecule has 0 fully saturated rings. The summed E-state index contributed by atoms with van der Waals surface area (Å²) >= 11 is 0. The van der Waals surface area contributed by atoms with Crippen molar-refractivity contribution in [2.45, 2.75) is 12.8 Å². The van der Waals surface area contributed by atoms with Crippen LogP contribution in [0.15, 0.2) is 59.1 Å². The fourth-order valence-electron chi connectivity index (χ4n) is 2.22. The van der Waals surface area contributed by atoms with Crippen LogP contribution in [0, 0.1) is 0 Å². The van der Waals surface area contributed by atoms with Crippen molar-refractivity contribution < 1.29 is 23.1 Å². The predicted octanol–water partition coefficient (Wildman–Crippen LogP) is 4.82. The number of benzene rings is 2. The van der Waals surface area contributed by atoms with Crippen LogP contribution in [0.1, 0.15) is 22.8 Å². The van der Waals surface area contributed by atoms with Crippen LogP contribution >= 0.6 is 0 Å². The van der Waals surface area contributed by atoms with E-state index in [9.17, 15) is 13.6 Å². The summed E-state index contributed by atoms with van der Waals surface area (Å²) < 4.78 is 32.1. The number of carbonyl (C=O) groups is 1. The first kappa shape index (κ1) is 15.9. The van der Waals surface area contributed by atoms with Gasteiger partial charge in [0.25, 0.3) is 5.92 Å². The smallest absolute Gasteiger partial charge is 0.335 e. The number of oxazole rings is 1. The van der Waals surface area contributed by atoms with Gasteiger partial charge < -0.3 is 9.52 Å². The predicted molar refractivity (Wildman–Crippen MR) is 83.9 cm³/mol. The molecule has 0 bridgehead atoms. The van der Waals surface area contributed by atoms with Gasteiger partial charge >= 0.3 is 5.97 Å². The molecule has 0 saturated heterocycles. The van der Waals surface area contributed by atoms with Gasteiger partial charge in [0.2, 0.25) is 5.89 Å². The van der Waals surface area contributed by atoms with Crippen LogP contribution in [0.3, 0.4) is 0 Å². The molecular weight excluding hydrogens is 316 g/mol. The molecule has 3 rings (SSSR count). The first-order chi connectivity index (χ1) is 11.3. The third kappa shape index (κ3) is 3.17. The van der Waals surface area contributed by atoms with Gasteiger partial charge in [-0.25, -0.2) is 18.6 Å².